The molecule has 1 N–H and O–H groups in total. The van der Waals surface area contributed by atoms with Gasteiger partial charge in [0.15, 0.2) is 6.20 Å². The zero-order valence-electron chi connectivity index (χ0n) is 10.7. The van der Waals surface area contributed by atoms with Crippen molar-refractivity contribution in [1.82, 2.24) is 0 Å². The second-order valence-electron chi connectivity index (χ2n) is 4.06. The molecule has 0 atom stereocenters. The number of benzene rings is 1. The molecule has 0 amide bonds. The van der Waals surface area contributed by atoms with Crippen LogP contribution in [0.2, 0.25) is 0 Å². The van der Waals surface area contributed by atoms with Gasteiger partial charge in [0, 0.05) is 6.07 Å². The number of ether oxygens (including phenoxy) is 1. The molecular weight excluding hydrogens is 355 g/mol. The number of nitrogens with zero attached hydrogens (tertiary/aromatic N) is 2. The first-order chi connectivity index (χ1) is 8.69. The van der Waals surface area contributed by atoms with E-state index in [1.165, 1.54) is 6.21 Å². The summed E-state index contributed by atoms with van der Waals surface area (Å²) in [6.07, 6.45) is 3.21. The SMILES string of the molecule is Cc1cccc(Oc2cc[n+](C)c(/C=N/O)c2)c1.[I-]. The summed E-state index contributed by atoms with van der Waals surface area (Å²) >= 11 is 0. The van der Waals surface area contributed by atoms with Gasteiger partial charge in [0.2, 0.25) is 5.69 Å². The third-order valence-electron chi connectivity index (χ3n) is 2.58. The molecule has 0 saturated carbocycles. The van der Waals surface area contributed by atoms with Gasteiger partial charge in [-0.05, 0) is 24.6 Å². The summed E-state index contributed by atoms with van der Waals surface area (Å²) in [6.45, 7) is 2.02. The van der Waals surface area contributed by atoms with Gasteiger partial charge in [-0.2, -0.15) is 4.57 Å². The van der Waals surface area contributed by atoms with E-state index in [9.17, 15) is 0 Å². The summed E-state index contributed by atoms with van der Waals surface area (Å²) in [6, 6.07) is 11.5. The molecule has 4 nitrogen and oxygen atoms in total. The fourth-order valence-corrected chi connectivity index (χ4v) is 1.63. The normalized spacial score (nSPS) is 10.2. The van der Waals surface area contributed by atoms with Crippen LogP contribution < -0.4 is 33.3 Å². The topological polar surface area (TPSA) is 45.7 Å². The third-order valence-corrected chi connectivity index (χ3v) is 2.58. The maximum atomic E-state index is 8.58. The molecule has 1 heterocycles. The monoisotopic (exact) mass is 370 g/mol. The van der Waals surface area contributed by atoms with Gasteiger partial charge in [0.05, 0.1) is 6.07 Å². The van der Waals surface area contributed by atoms with Gasteiger partial charge in [-0.25, -0.2) is 0 Å². The van der Waals surface area contributed by atoms with Crippen LogP contribution in [-0.4, -0.2) is 11.4 Å². The van der Waals surface area contributed by atoms with Crippen LogP contribution in [0.1, 0.15) is 11.3 Å². The number of oxime groups is 1. The zero-order chi connectivity index (χ0) is 13.0. The Morgan fingerprint density at radius 2 is 1.95 bits per heavy atom. The van der Waals surface area contributed by atoms with Crippen LogP contribution >= 0.6 is 0 Å². The Labute approximate surface area is 129 Å². The number of pyridine rings is 1. The highest BCUT2D eigenvalue weighted by Crippen LogP contribution is 2.21. The molecule has 0 bridgehead atoms. The van der Waals surface area contributed by atoms with Crippen molar-refractivity contribution in [2.75, 3.05) is 0 Å². The third kappa shape index (κ3) is 4.20. The summed E-state index contributed by atoms with van der Waals surface area (Å²) in [5, 5.41) is 11.6. The van der Waals surface area contributed by atoms with E-state index >= 15 is 0 Å². The Bertz CT molecular complexity index is 585. The molecule has 0 aliphatic rings. The summed E-state index contributed by atoms with van der Waals surface area (Å²) in [5.41, 5.74) is 1.90. The number of rotatable bonds is 3. The number of aromatic nitrogens is 1. The first-order valence-electron chi connectivity index (χ1n) is 5.60. The van der Waals surface area contributed by atoms with Gasteiger partial charge < -0.3 is 33.9 Å². The average molecular weight is 370 g/mol. The standard InChI is InChI=1S/C14H14N2O2.HI/c1-11-4-3-5-13(8-11)18-14-6-7-16(2)12(9-14)10-15-17;/h3-10H,1-2H3;1H. The molecule has 0 aliphatic heterocycles. The molecule has 0 aliphatic carbocycles. The second-order valence-corrected chi connectivity index (χ2v) is 4.06. The average Bonchev–Trinajstić information content (AvgIpc) is 2.34. The molecule has 0 radical (unpaired) electrons. The Morgan fingerprint density at radius 1 is 1.21 bits per heavy atom. The van der Waals surface area contributed by atoms with Crippen LogP contribution in [0.25, 0.3) is 0 Å². The lowest BCUT2D eigenvalue weighted by molar-refractivity contribution is -0.672. The molecule has 19 heavy (non-hydrogen) atoms. The van der Waals surface area contributed by atoms with Gasteiger partial charge in [-0.1, -0.05) is 17.3 Å². The first-order valence-corrected chi connectivity index (χ1v) is 5.60. The van der Waals surface area contributed by atoms with Gasteiger partial charge in [0.25, 0.3) is 0 Å². The highest BCUT2D eigenvalue weighted by atomic mass is 127. The van der Waals surface area contributed by atoms with Crippen LogP contribution in [0.15, 0.2) is 47.8 Å². The summed E-state index contributed by atoms with van der Waals surface area (Å²) < 4.78 is 7.58. The molecular formula is C14H15IN2O2. The molecule has 2 aromatic rings. The Morgan fingerprint density at radius 3 is 2.63 bits per heavy atom. The highest BCUT2D eigenvalue weighted by molar-refractivity contribution is 5.74. The van der Waals surface area contributed by atoms with Gasteiger partial charge in [0.1, 0.15) is 24.8 Å². The molecule has 2 rings (SSSR count). The highest BCUT2D eigenvalue weighted by Gasteiger charge is 2.07. The van der Waals surface area contributed by atoms with Crippen molar-refractivity contribution >= 4 is 6.21 Å². The van der Waals surface area contributed by atoms with E-state index in [1.54, 1.807) is 0 Å². The van der Waals surface area contributed by atoms with E-state index < -0.39 is 0 Å². The summed E-state index contributed by atoms with van der Waals surface area (Å²) in [7, 11) is 1.87. The Balaban J connectivity index is 0.00000180. The predicted molar refractivity (Wildman–Crippen MR) is 68.3 cm³/mol. The minimum atomic E-state index is 0. The number of hydrogen-bond donors (Lipinski definition) is 1. The van der Waals surface area contributed by atoms with Crippen molar-refractivity contribution in [3.63, 3.8) is 0 Å². The lowest BCUT2D eigenvalue weighted by atomic mass is 10.2. The van der Waals surface area contributed by atoms with E-state index in [2.05, 4.69) is 5.16 Å². The van der Waals surface area contributed by atoms with Gasteiger partial charge >= 0.3 is 0 Å². The quantitative estimate of drug-likeness (QED) is 0.259. The lowest BCUT2D eigenvalue weighted by Crippen LogP contribution is -3.00. The Hall–Kier alpha value is -1.63. The number of aryl methyl sites for hydroxylation is 2. The van der Waals surface area contributed by atoms with Crippen molar-refractivity contribution in [2.45, 2.75) is 6.92 Å². The maximum Gasteiger partial charge on any atom is 0.230 e. The van der Waals surface area contributed by atoms with Crippen LogP contribution in [0.4, 0.5) is 0 Å². The van der Waals surface area contributed by atoms with Crippen LogP contribution in [0.3, 0.4) is 0 Å². The molecule has 0 saturated heterocycles. The van der Waals surface area contributed by atoms with Crippen molar-refractivity contribution in [2.24, 2.45) is 12.2 Å². The van der Waals surface area contributed by atoms with Crippen LogP contribution in [0.5, 0.6) is 11.5 Å². The van der Waals surface area contributed by atoms with Crippen LogP contribution in [-0.2, 0) is 7.05 Å². The molecule has 100 valence electrons. The smallest absolute Gasteiger partial charge is 0.230 e. The Kier molecular flexibility index (Phi) is 5.75. The van der Waals surface area contributed by atoms with E-state index in [0.717, 1.165) is 17.0 Å². The van der Waals surface area contributed by atoms with Crippen molar-refractivity contribution in [1.29, 1.82) is 0 Å². The largest absolute Gasteiger partial charge is 1.00 e. The van der Waals surface area contributed by atoms with Crippen molar-refractivity contribution in [3.05, 3.63) is 53.9 Å². The molecule has 0 spiro atoms. The van der Waals surface area contributed by atoms with E-state index in [-0.39, 0.29) is 24.0 Å². The van der Waals surface area contributed by atoms with E-state index in [4.69, 9.17) is 9.94 Å². The van der Waals surface area contributed by atoms with Crippen molar-refractivity contribution in [3.8, 4) is 11.5 Å². The summed E-state index contributed by atoms with van der Waals surface area (Å²) in [5.74, 6) is 1.49. The molecule has 5 heteroatoms. The first kappa shape index (κ1) is 15.4. The fraction of sp³-hybridized carbons (Fsp3) is 0.143. The van der Waals surface area contributed by atoms with E-state index in [0.29, 0.717) is 5.75 Å². The maximum absolute atomic E-state index is 8.58. The molecule has 1 aromatic carbocycles. The molecule has 0 unspecified atom stereocenters. The van der Waals surface area contributed by atoms with E-state index in [1.807, 2.05) is 61.1 Å². The molecule has 1 aromatic heterocycles. The lowest BCUT2D eigenvalue weighted by Gasteiger charge is -2.06. The summed E-state index contributed by atoms with van der Waals surface area (Å²) in [4.78, 5) is 0. The minimum absolute atomic E-state index is 0. The number of hydrogen-bond acceptors (Lipinski definition) is 3. The van der Waals surface area contributed by atoms with Crippen LogP contribution in [0, 0.1) is 6.92 Å². The fourth-order valence-electron chi connectivity index (χ4n) is 1.63. The number of halogens is 1. The minimum Gasteiger partial charge on any atom is -1.00 e. The van der Waals surface area contributed by atoms with Crippen molar-refractivity contribution < 1.29 is 38.5 Å². The van der Waals surface area contributed by atoms with Gasteiger partial charge in [-0.3, -0.25) is 0 Å². The zero-order valence-corrected chi connectivity index (χ0v) is 12.9. The second kappa shape index (κ2) is 7.08. The van der Waals surface area contributed by atoms with Gasteiger partial charge in [-0.15, -0.1) is 0 Å². The molecule has 0 fully saturated rings. The predicted octanol–water partition coefficient (Wildman–Crippen LogP) is -0.576.